The maximum atomic E-state index is 13.0. The largest absolute Gasteiger partial charge is 0.416 e. The topological polar surface area (TPSA) is 72.2 Å². The fourth-order valence-electron chi connectivity index (χ4n) is 2.42. The summed E-state index contributed by atoms with van der Waals surface area (Å²) in [5.41, 5.74) is -3.68. The molecule has 1 aromatic heterocycles. The number of carbonyl (C=O) groups excluding carboxylic acids is 1. The van der Waals surface area contributed by atoms with Gasteiger partial charge in [0.15, 0.2) is 5.82 Å². The first-order valence-electron chi connectivity index (χ1n) is 8.47. The fourth-order valence-corrected chi connectivity index (χ4v) is 2.42. The lowest BCUT2D eigenvalue weighted by Crippen LogP contribution is -2.34. The number of amides is 1. The van der Waals surface area contributed by atoms with E-state index >= 15 is 0 Å². The van der Waals surface area contributed by atoms with Crippen LogP contribution in [0.15, 0.2) is 35.2 Å². The number of rotatable bonds is 5. The van der Waals surface area contributed by atoms with Crippen LogP contribution in [-0.2, 0) is 19.4 Å². The lowest BCUT2D eigenvalue weighted by Gasteiger charge is -2.17. The third-order valence-corrected chi connectivity index (χ3v) is 3.81. The number of hydrogen-bond donors (Lipinski definition) is 1. The van der Waals surface area contributed by atoms with Gasteiger partial charge in [0.05, 0.1) is 22.9 Å². The van der Waals surface area contributed by atoms with Crippen LogP contribution in [0.4, 0.5) is 26.3 Å². The Balaban J connectivity index is 2.36. The minimum atomic E-state index is -5.05. The molecule has 0 saturated carbocycles. The summed E-state index contributed by atoms with van der Waals surface area (Å²) in [6, 6.07) is -0.172. The average Bonchev–Trinajstić information content (AvgIpc) is 3.04. The van der Waals surface area contributed by atoms with Crippen LogP contribution >= 0.6 is 0 Å². The standard InChI is InChI=1S/C18H17F6N5O/c1-4-25-14(8-15-26-9-29(3)28-15)10(2)27-16(30)11-5-12(17(19,20)21)7-13(6-11)18(22,23)24/h4-10H,1-3H3,(H,27,30)/b14-8+,25-4-. The molecule has 1 heterocycles. The van der Waals surface area contributed by atoms with Crippen LogP contribution in [0, 0.1) is 0 Å². The summed E-state index contributed by atoms with van der Waals surface area (Å²) in [5, 5.41) is 6.37. The molecule has 1 unspecified atom stereocenters. The number of aliphatic imine (C=N–C) groups is 1. The smallest absolute Gasteiger partial charge is 0.344 e. The van der Waals surface area contributed by atoms with Crippen LogP contribution in [0.3, 0.4) is 0 Å². The Morgan fingerprint density at radius 1 is 1.13 bits per heavy atom. The van der Waals surface area contributed by atoms with Crippen LogP contribution in [0.1, 0.15) is 41.2 Å². The van der Waals surface area contributed by atoms with E-state index in [4.69, 9.17) is 0 Å². The molecule has 162 valence electrons. The van der Waals surface area contributed by atoms with Gasteiger partial charge in [-0.1, -0.05) is 0 Å². The minimum absolute atomic E-state index is 0.0420. The minimum Gasteiger partial charge on any atom is -0.344 e. The highest BCUT2D eigenvalue weighted by atomic mass is 19.4. The molecule has 0 fully saturated rings. The zero-order valence-corrected chi connectivity index (χ0v) is 16.0. The molecule has 1 atom stereocenters. The maximum absolute atomic E-state index is 13.0. The quantitative estimate of drug-likeness (QED) is 0.570. The summed E-state index contributed by atoms with van der Waals surface area (Å²) in [6.45, 7) is 3.06. The van der Waals surface area contributed by atoms with E-state index in [2.05, 4.69) is 20.4 Å². The molecule has 1 aromatic carbocycles. The summed E-state index contributed by atoms with van der Waals surface area (Å²) in [5.74, 6) is -0.858. The van der Waals surface area contributed by atoms with E-state index in [9.17, 15) is 31.1 Å². The van der Waals surface area contributed by atoms with Crippen molar-refractivity contribution in [3.63, 3.8) is 0 Å². The highest BCUT2D eigenvalue weighted by Crippen LogP contribution is 2.36. The van der Waals surface area contributed by atoms with Crippen molar-refractivity contribution < 1.29 is 31.1 Å². The molecular formula is C18H17F6N5O. The Labute approximate surface area is 167 Å². The molecule has 0 bridgehead atoms. The number of aryl methyl sites for hydroxylation is 1. The highest BCUT2D eigenvalue weighted by molar-refractivity contribution is 5.95. The monoisotopic (exact) mass is 433 g/mol. The van der Waals surface area contributed by atoms with Crippen LogP contribution < -0.4 is 5.32 Å². The van der Waals surface area contributed by atoms with Crippen molar-refractivity contribution in [3.8, 4) is 0 Å². The third-order valence-electron chi connectivity index (χ3n) is 3.81. The van der Waals surface area contributed by atoms with E-state index in [0.717, 1.165) is 0 Å². The van der Waals surface area contributed by atoms with Gasteiger partial charge in [0.2, 0.25) is 0 Å². The number of carbonyl (C=O) groups is 1. The first-order valence-corrected chi connectivity index (χ1v) is 8.47. The molecule has 0 aliphatic heterocycles. The number of halogens is 6. The van der Waals surface area contributed by atoms with E-state index in [0.29, 0.717) is 12.1 Å². The van der Waals surface area contributed by atoms with E-state index in [-0.39, 0.29) is 17.6 Å². The van der Waals surface area contributed by atoms with E-state index in [1.165, 1.54) is 30.2 Å². The van der Waals surface area contributed by atoms with Gasteiger partial charge in [-0.15, -0.1) is 0 Å². The summed E-state index contributed by atoms with van der Waals surface area (Å²) in [7, 11) is 1.63. The zero-order chi connectivity index (χ0) is 22.7. The predicted octanol–water partition coefficient (Wildman–Crippen LogP) is 4.10. The molecule has 6 nitrogen and oxygen atoms in total. The second-order valence-corrected chi connectivity index (χ2v) is 6.22. The molecule has 1 N–H and O–H groups in total. The van der Waals surface area contributed by atoms with Gasteiger partial charge >= 0.3 is 12.4 Å². The number of nitrogens with one attached hydrogen (secondary N) is 1. The van der Waals surface area contributed by atoms with Crippen molar-refractivity contribution in [3.05, 3.63) is 52.7 Å². The second-order valence-electron chi connectivity index (χ2n) is 6.22. The van der Waals surface area contributed by atoms with E-state index in [1.54, 1.807) is 14.0 Å². The van der Waals surface area contributed by atoms with Crippen molar-refractivity contribution in [1.82, 2.24) is 20.1 Å². The molecule has 0 spiro atoms. The van der Waals surface area contributed by atoms with Gasteiger partial charge in [0.1, 0.15) is 6.33 Å². The predicted molar refractivity (Wildman–Crippen MR) is 96.5 cm³/mol. The number of benzene rings is 1. The summed E-state index contributed by atoms with van der Waals surface area (Å²) in [4.78, 5) is 20.5. The van der Waals surface area contributed by atoms with Gasteiger partial charge in [-0.25, -0.2) is 4.98 Å². The van der Waals surface area contributed by atoms with Gasteiger partial charge in [-0.3, -0.25) is 14.5 Å². The van der Waals surface area contributed by atoms with Crippen molar-refractivity contribution >= 4 is 18.2 Å². The molecule has 12 heteroatoms. The summed E-state index contributed by atoms with van der Waals surface area (Å²) in [6.07, 6.45) is -5.85. The maximum Gasteiger partial charge on any atom is 0.416 e. The van der Waals surface area contributed by atoms with Gasteiger partial charge < -0.3 is 5.32 Å². The van der Waals surface area contributed by atoms with Crippen molar-refractivity contribution in [2.45, 2.75) is 32.2 Å². The highest BCUT2D eigenvalue weighted by Gasteiger charge is 2.37. The zero-order valence-electron chi connectivity index (χ0n) is 16.0. The van der Waals surface area contributed by atoms with Crippen molar-refractivity contribution in [2.24, 2.45) is 12.0 Å². The third kappa shape index (κ3) is 5.91. The van der Waals surface area contributed by atoms with Gasteiger partial charge in [0.25, 0.3) is 5.91 Å². The Kier molecular flexibility index (Phi) is 6.68. The molecule has 0 saturated heterocycles. The Morgan fingerprint density at radius 3 is 2.13 bits per heavy atom. The van der Waals surface area contributed by atoms with E-state index in [1.807, 2.05) is 0 Å². The Hall–Kier alpha value is -3.18. The Morgan fingerprint density at radius 2 is 1.70 bits per heavy atom. The van der Waals surface area contributed by atoms with Gasteiger partial charge in [-0.2, -0.15) is 31.4 Å². The lowest BCUT2D eigenvalue weighted by atomic mass is 10.0. The first kappa shape index (κ1) is 23.1. The number of nitrogens with zero attached hydrogens (tertiary/aromatic N) is 4. The van der Waals surface area contributed by atoms with Gasteiger partial charge in [-0.05, 0) is 32.0 Å². The molecule has 0 radical (unpaired) electrons. The normalized spacial score (nSPS) is 14.2. The molecule has 1 amide bonds. The molecule has 0 aliphatic rings. The molecule has 2 rings (SSSR count). The first-order chi connectivity index (χ1) is 13.8. The molecule has 30 heavy (non-hydrogen) atoms. The van der Waals surface area contributed by atoms with Crippen LogP contribution in [0.5, 0.6) is 0 Å². The van der Waals surface area contributed by atoms with Crippen LogP contribution in [0.25, 0.3) is 6.08 Å². The number of aromatic nitrogens is 3. The summed E-state index contributed by atoms with van der Waals surface area (Å²) >= 11 is 0. The van der Waals surface area contributed by atoms with Crippen LogP contribution in [-0.4, -0.2) is 32.9 Å². The molecule has 2 aromatic rings. The summed E-state index contributed by atoms with van der Waals surface area (Å²) < 4.78 is 79.4. The fraction of sp³-hybridized carbons (Fsp3) is 0.333. The average molecular weight is 433 g/mol. The Bertz CT molecular complexity index is 942. The molecule has 0 aliphatic carbocycles. The van der Waals surface area contributed by atoms with E-state index < -0.39 is 41.0 Å². The SMILES string of the molecule is C/C=N\C(=C\c1ncn(C)n1)C(C)NC(=O)c1cc(C(F)(F)F)cc(C(F)(F)F)c1. The van der Waals surface area contributed by atoms with Crippen LogP contribution in [0.2, 0.25) is 0 Å². The number of alkyl halides is 6. The number of hydrogen-bond acceptors (Lipinski definition) is 4. The molecular weight excluding hydrogens is 416 g/mol. The van der Waals surface area contributed by atoms with Crippen molar-refractivity contribution in [2.75, 3.05) is 0 Å². The van der Waals surface area contributed by atoms with Gasteiger partial charge in [0, 0.05) is 24.9 Å². The second kappa shape index (κ2) is 8.67. The lowest BCUT2D eigenvalue weighted by molar-refractivity contribution is -0.143. The van der Waals surface area contributed by atoms with Crippen molar-refractivity contribution in [1.29, 1.82) is 0 Å².